The highest BCUT2D eigenvalue weighted by Gasteiger charge is 2.13. The second-order valence-corrected chi connectivity index (χ2v) is 6.39. The summed E-state index contributed by atoms with van der Waals surface area (Å²) in [6, 6.07) is 7.94. The van der Waals surface area contributed by atoms with Crippen LogP contribution in [-0.2, 0) is 6.54 Å². The Hall–Kier alpha value is -2.83. The molecule has 3 aromatic rings. The van der Waals surface area contributed by atoms with Gasteiger partial charge in [0.05, 0.1) is 25.1 Å². The molecule has 1 aromatic carbocycles. The maximum atomic E-state index is 5.92. The van der Waals surface area contributed by atoms with Crippen LogP contribution in [0.4, 0.5) is 5.69 Å². The van der Waals surface area contributed by atoms with Crippen molar-refractivity contribution in [1.82, 2.24) is 19.8 Å². The lowest BCUT2D eigenvalue weighted by Crippen LogP contribution is -2.08. The van der Waals surface area contributed by atoms with Gasteiger partial charge in [0.15, 0.2) is 11.5 Å². The Kier molecular flexibility index (Phi) is 5.55. The number of fused-ring (bicyclic) bond motifs is 1. The number of benzene rings is 1. The quantitative estimate of drug-likeness (QED) is 0.665. The van der Waals surface area contributed by atoms with Crippen LogP contribution in [0, 0.1) is 0 Å². The molecule has 26 heavy (non-hydrogen) atoms. The van der Waals surface area contributed by atoms with Crippen molar-refractivity contribution in [3.8, 4) is 11.5 Å². The molecule has 2 aromatic heterocycles. The van der Waals surface area contributed by atoms with E-state index in [9.17, 15) is 0 Å². The van der Waals surface area contributed by atoms with E-state index in [4.69, 9.17) is 9.47 Å². The topological polar surface area (TPSA) is 73.6 Å². The Labute approximate surface area is 153 Å². The number of rotatable bonds is 8. The minimum Gasteiger partial charge on any atom is -0.493 e. The standard InChI is InChI=1S/C19H25N5O2/c1-5-9-26-18-14(7-6-8-17(18)25-4)11-20-16-10-15(13(2)3)23-24-12-21-22-19(16)24/h6-8,10,12-13,20H,5,9,11H2,1-4H3. The van der Waals surface area contributed by atoms with Crippen LogP contribution in [0.3, 0.4) is 0 Å². The van der Waals surface area contributed by atoms with E-state index >= 15 is 0 Å². The van der Waals surface area contributed by atoms with Gasteiger partial charge in [0.25, 0.3) is 0 Å². The van der Waals surface area contributed by atoms with Gasteiger partial charge in [-0.2, -0.15) is 9.61 Å². The molecule has 0 bridgehead atoms. The fourth-order valence-electron chi connectivity index (χ4n) is 2.68. The van der Waals surface area contributed by atoms with Crippen molar-refractivity contribution in [3.05, 3.63) is 41.9 Å². The minimum absolute atomic E-state index is 0.308. The Morgan fingerprint density at radius 1 is 1.27 bits per heavy atom. The lowest BCUT2D eigenvalue weighted by molar-refractivity contribution is 0.291. The van der Waals surface area contributed by atoms with E-state index in [0.717, 1.165) is 34.9 Å². The minimum atomic E-state index is 0.308. The molecule has 0 fully saturated rings. The summed E-state index contributed by atoms with van der Waals surface area (Å²) in [6.45, 7) is 7.54. The van der Waals surface area contributed by atoms with E-state index in [-0.39, 0.29) is 0 Å². The van der Waals surface area contributed by atoms with Gasteiger partial charge in [-0.05, 0) is 24.5 Å². The fraction of sp³-hybridized carbons (Fsp3) is 0.421. The maximum Gasteiger partial charge on any atom is 0.200 e. The van der Waals surface area contributed by atoms with Gasteiger partial charge in [0, 0.05) is 12.1 Å². The second kappa shape index (κ2) is 8.03. The van der Waals surface area contributed by atoms with Crippen molar-refractivity contribution in [2.75, 3.05) is 19.0 Å². The van der Waals surface area contributed by atoms with E-state index in [0.29, 0.717) is 24.7 Å². The molecule has 0 amide bonds. The molecule has 7 heteroatoms. The number of hydrogen-bond donors (Lipinski definition) is 1. The third kappa shape index (κ3) is 3.71. The van der Waals surface area contributed by atoms with Gasteiger partial charge in [-0.3, -0.25) is 0 Å². The normalized spacial score (nSPS) is 11.1. The largest absolute Gasteiger partial charge is 0.493 e. The highest BCUT2D eigenvalue weighted by atomic mass is 16.5. The highest BCUT2D eigenvalue weighted by molar-refractivity contribution is 5.67. The molecule has 0 saturated heterocycles. The molecule has 0 spiro atoms. The molecule has 0 aliphatic rings. The number of aromatic nitrogens is 4. The molecule has 2 heterocycles. The van der Waals surface area contributed by atoms with Crippen molar-refractivity contribution in [2.45, 2.75) is 39.7 Å². The van der Waals surface area contributed by atoms with Gasteiger partial charge in [-0.25, -0.2) is 0 Å². The van der Waals surface area contributed by atoms with E-state index in [2.05, 4.69) is 41.4 Å². The van der Waals surface area contributed by atoms with Crippen molar-refractivity contribution >= 4 is 11.3 Å². The molecule has 1 N–H and O–H groups in total. The first kappa shape index (κ1) is 18.0. The van der Waals surface area contributed by atoms with Crippen LogP contribution >= 0.6 is 0 Å². The molecule has 0 radical (unpaired) electrons. The third-order valence-electron chi connectivity index (χ3n) is 4.08. The molecule has 0 saturated carbocycles. The summed E-state index contributed by atoms with van der Waals surface area (Å²) < 4.78 is 13.1. The lowest BCUT2D eigenvalue weighted by atomic mass is 10.1. The summed E-state index contributed by atoms with van der Waals surface area (Å²) in [5, 5.41) is 16.1. The Morgan fingerprint density at radius 3 is 2.85 bits per heavy atom. The molecule has 0 aliphatic carbocycles. The van der Waals surface area contributed by atoms with Gasteiger partial charge >= 0.3 is 0 Å². The lowest BCUT2D eigenvalue weighted by Gasteiger charge is -2.16. The molecule has 0 aliphatic heterocycles. The van der Waals surface area contributed by atoms with Crippen LogP contribution in [0.2, 0.25) is 0 Å². The second-order valence-electron chi connectivity index (χ2n) is 6.39. The maximum absolute atomic E-state index is 5.92. The zero-order valence-corrected chi connectivity index (χ0v) is 15.7. The molecule has 0 atom stereocenters. The summed E-state index contributed by atoms with van der Waals surface area (Å²) in [4.78, 5) is 0. The molecule has 0 unspecified atom stereocenters. The number of anilines is 1. The number of hydrogen-bond acceptors (Lipinski definition) is 6. The number of methoxy groups -OCH3 is 1. The molecule has 3 rings (SSSR count). The number of ether oxygens (including phenoxy) is 2. The van der Waals surface area contributed by atoms with Gasteiger partial charge in [-0.15, -0.1) is 10.2 Å². The predicted octanol–water partition coefficient (Wildman–Crippen LogP) is 3.66. The van der Waals surface area contributed by atoms with Crippen molar-refractivity contribution < 1.29 is 9.47 Å². The summed E-state index contributed by atoms with van der Waals surface area (Å²) in [5.74, 6) is 1.82. The monoisotopic (exact) mass is 355 g/mol. The van der Waals surface area contributed by atoms with Crippen molar-refractivity contribution in [2.24, 2.45) is 0 Å². The van der Waals surface area contributed by atoms with Crippen LogP contribution in [0.15, 0.2) is 30.6 Å². The number of nitrogens with one attached hydrogen (secondary N) is 1. The van der Waals surface area contributed by atoms with Crippen LogP contribution in [0.25, 0.3) is 5.65 Å². The predicted molar refractivity (Wildman–Crippen MR) is 101 cm³/mol. The summed E-state index contributed by atoms with van der Waals surface area (Å²) >= 11 is 0. The van der Waals surface area contributed by atoms with Crippen LogP contribution in [0.1, 0.15) is 44.4 Å². The van der Waals surface area contributed by atoms with Crippen molar-refractivity contribution in [1.29, 1.82) is 0 Å². The summed E-state index contributed by atoms with van der Waals surface area (Å²) in [6.07, 6.45) is 2.56. The average Bonchev–Trinajstić information content (AvgIpc) is 3.13. The van der Waals surface area contributed by atoms with Crippen molar-refractivity contribution in [3.63, 3.8) is 0 Å². The SMILES string of the molecule is CCCOc1c(CNc2cc(C(C)C)nn3cnnc23)cccc1OC. The number of para-hydroxylation sites is 1. The Bertz CT molecular complexity index is 875. The highest BCUT2D eigenvalue weighted by Crippen LogP contribution is 2.32. The van der Waals surface area contributed by atoms with E-state index < -0.39 is 0 Å². The zero-order chi connectivity index (χ0) is 18.5. The van der Waals surface area contributed by atoms with Crippen LogP contribution in [-0.4, -0.2) is 33.5 Å². The Balaban J connectivity index is 1.89. The Morgan fingerprint density at radius 2 is 2.12 bits per heavy atom. The molecule has 138 valence electrons. The van der Waals surface area contributed by atoms with Gasteiger partial charge < -0.3 is 14.8 Å². The molecule has 7 nitrogen and oxygen atoms in total. The fourth-order valence-corrected chi connectivity index (χ4v) is 2.68. The number of nitrogens with zero attached hydrogens (tertiary/aromatic N) is 4. The van der Waals surface area contributed by atoms with Gasteiger partial charge in [0.1, 0.15) is 6.33 Å². The van der Waals surface area contributed by atoms with Gasteiger partial charge in [-0.1, -0.05) is 32.9 Å². The molecular formula is C19H25N5O2. The first-order valence-corrected chi connectivity index (χ1v) is 8.87. The third-order valence-corrected chi connectivity index (χ3v) is 4.08. The summed E-state index contributed by atoms with van der Waals surface area (Å²) in [7, 11) is 1.66. The van der Waals surface area contributed by atoms with E-state index in [1.807, 2.05) is 24.3 Å². The first-order valence-electron chi connectivity index (χ1n) is 8.87. The smallest absolute Gasteiger partial charge is 0.200 e. The zero-order valence-electron chi connectivity index (χ0n) is 15.7. The molecular weight excluding hydrogens is 330 g/mol. The van der Waals surface area contributed by atoms with Crippen LogP contribution < -0.4 is 14.8 Å². The van der Waals surface area contributed by atoms with Gasteiger partial charge in [0.2, 0.25) is 5.65 Å². The van der Waals surface area contributed by atoms with E-state index in [1.54, 1.807) is 18.0 Å². The van der Waals surface area contributed by atoms with E-state index in [1.165, 1.54) is 0 Å². The first-order chi connectivity index (χ1) is 12.6. The summed E-state index contributed by atoms with van der Waals surface area (Å²) in [5.41, 5.74) is 3.60. The average molecular weight is 355 g/mol. The van der Waals surface area contributed by atoms with Crippen LogP contribution in [0.5, 0.6) is 11.5 Å².